The Morgan fingerprint density at radius 3 is 2.03 bits per heavy atom. The van der Waals surface area contributed by atoms with Gasteiger partial charge in [0.15, 0.2) is 6.29 Å². The van der Waals surface area contributed by atoms with Crippen LogP contribution in [0, 0.1) is 23.7 Å². The minimum atomic E-state index is -6.34. The smallest absolute Gasteiger partial charge is 0.438 e. The molecule has 2 N–H and O–H groups in total. The van der Waals surface area contributed by atoms with Crippen LogP contribution in [0.4, 0.5) is 26.3 Å². The van der Waals surface area contributed by atoms with E-state index < -0.39 is 57.9 Å². The first-order valence-corrected chi connectivity index (χ1v) is 10.8. The van der Waals surface area contributed by atoms with Crippen LogP contribution in [-0.4, -0.2) is 60.6 Å². The van der Waals surface area contributed by atoms with Crippen LogP contribution in [0.5, 0.6) is 0 Å². The SMILES string of the molecule is C=C(C)[C@@H](O)OCC1CC2CC1CC2C(=O)OC(CS(=O)(=O)O)(C(F)(F)F)C(F)(F)F. The molecule has 0 amide bonds. The van der Waals surface area contributed by atoms with Crippen LogP contribution in [0.25, 0.3) is 0 Å². The number of ether oxygens (including phenoxy) is 2. The summed E-state index contributed by atoms with van der Waals surface area (Å²) in [6, 6.07) is 0. The number of alkyl halides is 6. The molecular weight excluding hydrogens is 462 g/mol. The molecule has 7 nitrogen and oxygen atoms in total. The van der Waals surface area contributed by atoms with Crippen molar-refractivity contribution in [1.82, 2.24) is 0 Å². The second-order valence-electron chi connectivity index (χ2n) is 8.10. The van der Waals surface area contributed by atoms with Crippen molar-refractivity contribution >= 4 is 16.1 Å². The second kappa shape index (κ2) is 8.52. The van der Waals surface area contributed by atoms with Crippen molar-refractivity contribution in [2.24, 2.45) is 23.7 Å². The Bertz CT molecular complexity index is 793. The molecule has 0 heterocycles. The minimum absolute atomic E-state index is 0.0642. The molecule has 31 heavy (non-hydrogen) atoms. The fourth-order valence-corrected chi connectivity index (χ4v) is 5.12. The molecule has 14 heteroatoms. The van der Waals surface area contributed by atoms with E-state index in [-0.39, 0.29) is 31.3 Å². The highest BCUT2D eigenvalue weighted by Gasteiger charge is 2.76. The monoisotopic (exact) mass is 484 g/mol. The Labute approximate surface area is 174 Å². The zero-order chi connectivity index (χ0) is 24.0. The third kappa shape index (κ3) is 5.52. The van der Waals surface area contributed by atoms with E-state index in [0.717, 1.165) is 0 Å². The van der Waals surface area contributed by atoms with E-state index in [2.05, 4.69) is 11.3 Å². The molecule has 2 bridgehead atoms. The maximum atomic E-state index is 13.3. The molecule has 0 aromatic heterocycles. The number of carbonyl (C=O) groups is 1. The quantitative estimate of drug-likeness (QED) is 0.179. The standard InChI is InChI=1S/C17H22F6O7S/c1-8(2)13(24)29-6-11-4-10-3-9(11)5-12(10)14(25)30-15(16(18,19)20,17(21,22)23)7-31(26,27)28/h9-13,24H,1,3-7H2,2H3,(H,26,27,28)/t9?,10?,11?,12?,13-/m0/s1. The van der Waals surface area contributed by atoms with Gasteiger partial charge in [0.25, 0.3) is 10.1 Å². The van der Waals surface area contributed by atoms with Gasteiger partial charge >= 0.3 is 23.9 Å². The largest absolute Gasteiger partial charge is 0.438 e. The summed E-state index contributed by atoms with van der Waals surface area (Å²) in [5, 5.41) is 9.59. The van der Waals surface area contributed by atoms with Crippen molar-refractivity contribution in [2.75, 3.05) is 12.4 Å². The number of fused-ring (bicyclic) bond motifs is 2. The van der Waals surface area contributed by atoms with E-state index in [9.17, 15) is 44.7 Å². The molecular formula is C17H22F6O7S. The third-order valence-corrected chi connectivity index (χ3v) is 6.54. The van der Waals surface area contributed by atoms with Crippen molar-refractivity contribution < 1.29 is 58.7 Å². The van der Waals surface area contributed by atoms with Crippen molar-refractivity contribution in [2.45, 2.75) is 50.4 Å². The number of halogens is 6. The number of aliphatic hydroxyl groups is 1. The van der Waals surface area contributed by atoms with Crippen molar-refractivity contribution in [3.63, 3.8) is 0 Å². The minimum Gasteiger partial charge on any atom is -0.438 e. The summed E-state index contributed by atoms with van der Waals surface area (Å²) in [4.78, 5) is 12.3. The molecule has 0 spiro atoms. The zero-order valence-electron chi connectivity index (χ0n) is 16.2. The molecule has 2 saturated carbocycles. The molecule has 0 aromatic rings. The van der Waals surface area contributed by atoms with E-state index in [1.807, 2.05) is 0 Å². The van der Waals surface area contributed by atoms with Crippen LogP contribution >= 0.6 is 0 Å². The van der Waals surface area contributed by atoms with Crippen LogP contribution < -0.4 is 0 Å². The summed E-state index contributed by atoms with van der Waals surface area (Å²) in [6.45, 7) is 5.09. The summed E-state index contributed by atoms with van der Waals surface area (Å²) in [5.74, 6) is -7.03. The predicted molar refractivity (Wildman–Crippen MR) is 91.9 cm³/mol. The molecule has 0 radical (unpaired) electrons. The number of aliphatic hydroxyl groups excluding tert-OH is 1. The lowest BCUT2D eigenvalue weighted by atomic mass is 9.82. The molecule has 180 valence electrons. The lowest BCUT2D eigenvalue weighted by Gasteiger charge is -2.37. The van der Waals surface area contributed by atoms with Crippen LogP contribution in [0.2, 0.25) is 0 Å². The van der Waals surface area contributed by atoms with E-state index >= 15 is 0 Å². The zero-order valence-corrected chi connectivity index (χ0v) is 17.1. The maximum absolute atomic E-state index is 13.3. The molecule has 2 fully saturated rings. The van der Waals surface area contributed by atoms with Gasteiger partial charge in [-0.05, 0) is 49.5 Å². The maximum Gasteiger partial charge on any atom is 0.438 e. The van der Waals surface area contributed by atoms with Crippen molar-refractivity contribution in [3.8, 4) is 0 Å². The van der Waals surface area contributed by atoms with Gasteiger partial charge in [-0.1, -0.05) is 6.58 Å². The number of rotatable bonds is 8. The summed E-state index contributed by atoms with van der Waals surface area (Å²) in [6.07, 6.45) is -13.4. The Morgan fingerprint density at radius 1 is 1.10 bits per heavy atom. The number of carbonyl (C=O) groups excluding carboxylic acids is 1. The van der Waals surface area contributed by atoms with Crippen LogP contribution in [-0.2, 0) is 24.4 Å². The first kappa shape index (κ1) is 25.9. The van der Waals surface area contributed by atoms with Gasteiger partial charge in [-0.15, -0.1) is 0 Å². The highest BCUT2D eigenvalue weighted by Crippen LogP contribution is 2.54. The molecule has 2 aliphatic rings. The second-order valence-corrected chi connectivity index (χ2v) is 9.55. The third-order valence-electron chi connectivity index (χ3n) is 5.77. The van der Waals surface area contributed by atoms with Gasteiger partial charge in [-0.3, -0.25) is 9.35 Å². The average Bonchev–Trinajstić information content (AvgIpc) is 3.15. The van der Waals surface area contributed by atoms with Crippen LogP contribution in [0.15, 0.2) is 12.2 Å². The van der Waals surface area contributed by atoms with Gasteiger partial charge in [0, 0.05) is 0 Å². The van der Waals surface area contributed by atoms with Gasteiger partial charge in [0.1, 0.15) is 5.75 Å². The summed E-state index contributed by atoms with van der Waals surface area (Å²) in [5.41, 5.74) is -5.04. The Hall–Kier alpha value is -1.38. The van der Waals surface area contributed by atoms with Gasteiger partial charge in [-0.2, -0.15) is 34.8 Å². The Balaban J connectivity index is 2.15. The van der Waals surface area contributed by atoms with E-state index in [4.69, 9.17) is 9.29 Å². The molecule has 5 atom stereocenters. The van der Waals surface area contributed by atoms with Crippen molar-refractivity contribution in [3.05, 3.63) is 12.2 Å². The number of hydrogen-bond acceptors (Lipinski definition) is 6. The van der Waals surface area contributed by atoms with E-state index in [0.29, 0.717) is 12.0 Å². The Kier molecular flexibility index (Phi) is 7.11. The molecule has 0 aromatic carbocycles. The number of hydrogen-bond donors (Lipinski definition) is 2. The predicted octanol–water partition coefficient (Wildman–Crippen LogP) is 2.85. The summed E-state index contributed by atoms with van der Waals surface area (Å²) in [7, 11) is -5.82. The summed E-state index contributed by atoms with van der Waals surface area (Å²) < 4.78 is 119. The average molecular weight is 484 g/mol. The lowest BCUT2D eigenvalue weighted by Crippen LogP contribution is -2.64. The Morgan fingerprint density at radius 2 is 1.65 bits per heavy atom. The van der Waals surface area contributed by atoms with Gasteiger partial charge in [0.05, 0.1) is 12.5 Å². The van der Waals surface area contributed by atoms with Gasteiger partial charge in [0.2, 0.25) is 0 Å². The highest BCUT2D eigenvalue weighted by molar-refractivity contribution is 7.85. The topological polar surface area (TPSA) is 110 Å². The van der Waals surface area contributed by atoms with Crippen molar-refractivity contribution in [1.29, 1.82) is 0 Å². The first-order chi connectivity index (χ1) is 13.9. The molecule has 2 aliphatic carbocycles. The number of esters is 1. The first-order valence-electron chi connectivity index (χ1n) is 9.14. The fraction of sp³-hybridized carbons (Fsp3) is 0.824. The van der Waals surface area contributed by atoms with Crippen LogP contribution in [0.1, 0.15) is 26.2 Å². The van der Waals surface area contributed by atoms with Gasteiger partial charge < -0.3 is 14.6 Å². The van der Waals surface area contributed by atoms with Crippen LogP contribution in [0.3, 0.4) is 0 Å². The van der Waals surface area contributed by atoms with Gasteiger partial charge in [-0.25, -0.2) is 0 Å². The van der Waals surface area contributed by atoms with E-state index in [1.54, 1.807) is 0 Å². The molecule has 0 aliphatic heterocycles. The highest BCUT2D eigenvalue weighted by atomic mass is 32.2. The normalized spacial score (nSPS) is 27.9. The summed E-state index contributed by atoms with van der Waals surface area (Å²) >= 11 is 0. The lowest BCUT2D eigenvalue weighted by molar-refractivity contribution is -0.362. The molecule has 0 saturated heterocycles. The molecule has 4 unspecified atom stereocenters. The van der Waals surface area contributed by atoms with E-state index in [1.165, 1.54) is 6.92 Å². The molecule has 2 rings (SSSR count). The fourth-order valence-electron chi connectivity index (χ4n) is 4.22.